The standard InChI is InChI=1S/C14H17N3S/c15-14-17-16-13(18-14)12-8-6-11(7-9-12)10-4-2-1-3-5-10/h6-10H,1-5H2,(H2,15,17). The summed E-state index contributed by atoms with van der Waals surface area (Å²) in [7, 11) is 0. The minimum Gasteiger partial charge on any atom is -0.374 e. The third-order valence-corrected chi connectivity index (χ3v) is 4.48. The molecule has 3 nitrogen and oxygen atoms in total. The van der Waals surface area contributed by atoms with E-state index >= 15 is 0 Å². The van der Waals surface area contributed by atoms with Gasteiger partial charge in [0.2, 0.25) is 5.13 Å². The predicted octanol–water partition coefficient (Wildman–Crippen LogP) is 3.84. The quantitative estimate of drug-likeness (QED) is 0.891. The van der Waals surface area contributed by atoms with Crippen LogP contribution in [0.5, 0.6) is 0 Å². The predicted molar refractivity (Wildman–Crippen MR) is 75.6 cm³/mol. The van der Waals surface area contributed by atoms with Crippen LogP contribution in [0.15, 0.2) is 24.3 Å². The number of anilines is 1. The van der Waals surface area contributed by atoms with Crippen LogP contribution >= 0.6 is 11.3 Å². The van der Waals surface area contributed by atoms with E-state index in [2.05, 4.69) is 34.5 Å². The summed E-state index contributed by atoms with van der Waals surface area (Å²) in [5.41, 5.74) is 8.19. The van der Waals surface area contributed by atoms with Gasteiger partial charge in [0, 0.05) is 5.56 Å². The van der Waals surface area contributed by atoms with Crippen molar-refractivity contribution in [3.05, 3.63) is 29.8 Å². The summed E-state index contributed by atoms with van der Waals surface area (Å²) in [6.45, 7) is 0. The zero-order valence-corrected chi connectivity index (χ0v) is 11.1. The van der Waals surface area contributed by atoms with E-state index in [1.54, 1.807) is 0 Å². The third-order valence-electron chi connectivity index (χ3n) is 3.67. The first-order valence-electron chi connectivity index (χ1n) is 6.52. The molecular formula is C14H17N3S. The van der Waals surface area contributed by atoms with Crippen LogP contribution in [0.3, 0.4) is 0 Å². The Bertz CT molecular complexity index is 512. The Hall–Kier alpha value is -1.42. The molecule has 1 aliphatic carbocycles. The van der Waals surface area contributed by atoms with E-state index in [-0.39, 0.29) is 0 Å². The number of hydrogen-bond acceptors (Lipinski definition) is 4. The van der Waals surface area contributed by atoms with Gasteiger partial charge in [-0.05, 0) is 24.3 Å². The number of nitrogens with zero attached hydrogens (tertiary/aromatic N) is 2. The number of aromatic nitrogens is 2. The summed E-state index contributed by atoms with van der Waals surface area (Å²) in [4.78, 5) is 0. The summed E-state index contributed by atoms with van der Waals surface area (Å²) in [5, 5.41) is 9.36. The molecule has 1 fully saturated rings. The molecule has 1 aromatic heterocycles. The highest BCUT2D eigenvalue weighted by Gasteiger charge is 2.15. The molecule has 94 valence electrons. The van der Waals surface area contributed by atoms with E-state index in [0.717, 1.165) is 16.5 Å². The SMILES string of the molecule is Nc1nnc(-c2ccc(C3CCCCC3)cc2)s1. The van der Waals surface area contributed by atoms with Crippen molar-refractivity contribution in [3.8, 4) is 10.6 Å². The van der Waals surface area contributed by atoms with Gasteiger partial charge in [-0.2, -0.15) is 0 Å². The van der Waals surface area contributed by atoms with Crippen molar-refractivity contribution in [1.29, 1.82) is 0 Å². The van der Waals surface area contributed by atoms with Gasteiger partial charge >= 0.3 is 0 Å². The lowest BCUT2D eigenvalue weighted by molar-refractivity contribution is 0.443. The second kappa shape index (κ2) is 5.06. The summed E-state index contributed by atoms with van der Waals surface area (Å²) >= 11 is 1.44. The average molecular weight is 259 g/mol. The van der Waals surface area contributed by atoms with Crippen LogP contribution in [0, 0.1) is 0 Å². The topological polar surface area (TPSA) is 51.8 Å². The monoisotopic (exact) mass is 259 g/mol. The molecule has 0 bridgehead atoms. The molecule has 2 N–H and O–H groups in total. The first-order valence-corrected chi connectivity index (χ1v) is 7.34. The van der Waals surface area contributed by atoms with Gasteiger partial charge in [0.1, 0.15) is 5.01 Å². The average Bonchev–Trinajstić information content (AvgIpc) is 2.87. The van der Waals surface area contributed by atoms with Crippen LogP contribution in [0.2, 0.25) is 0 Å². The molecule has 0 saturated heterocycles. The van der Waals surface area contributed by atoms with E-state index in [0.29, 0.717) is 5.13 Å². The Labute approximate surface area is 111 Å². The summed E-state index contributed by atoms with van der Waals surface area (Å²) in [6, 6.07) is 8.76. The number of hydrogen-bond donors (Lipinski definition) is 1. The van der Waals surface area contributed by atoms with Crippen molar-refractivity contribution in [1.82, 2.24) is 10.2 Å². The van der Waals surface area contributed by atoms with Crippen LogP contribution in [-0.4, -0.2) is 10.2 Å². The van der Waals surface area contributed by atoms with Gasteiger partial charge in [0.25, 0.3) is 0 Å². The molecule has 4 heteroatoms. The van der Waals surface area contributed by atoms with Gasteiger partial charge < -0.3 is 5.73 Å². The Morgan fingerprint density at radius 3 is 2.33 bits per heavy atom. The molecular weight excluding hydrogens is 242 g/mol. The lowest BCUT2D eigenvalue weighted by Gasteiger charge is -2.21. The van der Waals surface area contributed by atoms with Gasteiger partial charge in [0.15, 0.2) is 0 Å². The van der Waals surface area contributed by atoms with Gasteiger partial charge in [-0.25, -0.2) is 0 Å². The molecule has 0 atom stereocenters. The third kappa shape index (κ3) is 2.38. The summed E-state index contributed by atoms with van der Waals surface area (Å²) in [5.74, 6) is 0.757. The zero-order chi connectivity index (χ0) is 12.4. The molecule has 1 heterocycles. The van der Waals surface area contributed by atoms with Crippen molar-refractivity contribution >= 4 is 16.5 Å². The van der Waals surface area contributed by atoms with Gasteiger partial charge in [0.05, 0.1) is 0 Å². The molecule has 0 unspecified atom stereocenters. The van der Waals surface area contributed by atoms with E-state index in [4.69, 9.17) is 5.73 Å². The van der Waals surface area contributed by atoms with Gasteiger partial charge in [-0.1, -0.05) is 54.9 Å². The van der Waals surface area contributed by atoms with Crippen LogP contribution in [0.4, 0.5) is 5.13 Å². The molecule has 18 heavy (non-hydrogen) atoms. The first-order chi connectivity index (χ1) is 8.83. The number of nitrogens with two attached hydrogens (primary N) is 1. The van der Waals surface area contributed by atoms with Crippen LogP contribution < -0.4 is 5.73 Å². The second-order valence-corrected chi connectivity index (χ2v) is 5.91. The zero-order valence-electron chi connectivity index (χ0n) is 10.3. The molecule has 3 rings (SSSR count). The Morgan fingerprint density at radius 2 is 1.72 bits per heavy atom. The number of benzene rings is 1. The lowest BCUT2D eigenvalue weighted by Crippen LogP contribution is -2.04. The van der Waals surface area contributed by atoms with Crippen LogP contribution in [-0.2, 0) is 0 Å². The van der Waals surface area contributed by atoms with E-state index < -0.39 is 0 Å². The Balaban J connectivity index is 1.80. The molecule has 0 spiro atoms. The Kier molecular flexibility index (Phi) is 3.28. The molecule has 0 amide bonds. The smallest absolute Gasteiger partial charge is 0.203 e. The normalized spacial score (nSPS) is 16.9. The van der Waals surface area contributed by atoms with Crippen LogP contribution in [0.1, 0.15) is 43.6 Å². The van der Waals surface area contributed by atoms with Crippen molar-refractivity contribution in [2.75, 3.05) is 5.73 Å². The van der Waals surface area contributed by atoms with Crippen molar-refractivity contribution in [2.24, 2.45) is 0 Å². The molecule has 0 aliphatic heterocycles. The number of nitrogen functional groups attached to an aromatic ring is 1. The Morgan fingerprint density at radius 1 is 1.00 bits per heavy atom. The maximum atomic E-state index is 5.61. The van der Waals surface area contributed by atoms with E-state index in [9.17, 15) is 0 Å². The fourth-order valence-electron chi connectivity index (χ4n) is 2.69. The minimum absolute atomic E-state index is 0.529. The van der Waals surface area contributed by atoms with Gasteiger partial charge in [-0.3, -0.25) is 0 Å². The maximum Gasteiger partial charge on any atom is 0.203 e. The maximum absolute atomic E-state index is 5.61. The minimum atomic E-state index is 0.529. The van der Waals surface area contributed by atoms with E-state index in [1.807, 2.05) is 0 Å². The lowest BCUT2D eigenvalue weighted by atomic mass is 9.84. The van der Waals surface area contributed by atoms with E-state index in [1.165, 1.54) is 49.0 Å². The first kappa shape index (κ1) is 11.7. The van der Waals surface area contributed by atoms with Gasteiger partial charge in [-0.15, -0.1) is 10.2 Å². The highest BCUT2D eigenvalue weighted by atomic mass is 32.1. The summed E-state index contributed by atoms with van der Waals surface area (Å²) in [6.07, 6.45) is 6.83. The fourth-order valence-corrected chi connectivity index (χ4v) is 3.30. The van der Waals surface area contributed by atoms with Crippen molar-refractivity contribution < 1.29 is 0 Å². The molecule has 1 aromatic carbocycles. The fraction of sp³-hybridized carbons (Fsp3) is 0.429. The molecule has 2 aromatic rings. The largest absolute Gasteiger partial charge is 0.374 e. The second-order valence-electron chi connectivity index (χ2n) is 4.90. The highest BCUT2D eigenvalue weighted by molar-refractivity contribution is 7.18. The van der Waals surface area contributed by atoms with Crippen LogP contribution in [0.25, 0.3) is 10.6 Å². The van der Waals surface area contributed by atoms with Crippen molar-refractivity contribution in [2.45, 2.75) is 38.0 Å². The molecule has 1 saturated carbocycles. The highest BCUT2D eigenvalue weighted by Crippen LogP contribution is 2.34. The summed E-state index contributed by atoms with van der Waals surface area (Å²) < 4.78 is 0. The number of rotatable bonds is 2. The molecule has 0 radical (unpaired) electrons. The van der Waals surface area contributed by atoms with Crippen molar-refractivity contribution in [3.63, 3.8) is 0 Å². The molecule has 1 aliphatic rings.